The van der Waals surface area contributed by atoms with E-state index in [-0.39, 0.29) is 28.7 Å². The second kappa shape index (κ2) is 9.05. The quantitative estimate of drug-likeness (QED) is 0.746. The van der Waals surface area contributed by atoms with E-state index < -0.39 is 18.5 Å². The SMILES string of the molecule is COc1cc(C(=O)OCC(=O)NCc2ccc(F)cc2)cc(Cl)c1OC. The molecule has 0 unspecified atom stereocenters. The van der Waals surface area contributed by atoms with Crippen LogP contribution in [0.1, 0.15) is 15.9 Å². The molecule has 1 amide bonds. The maximum absolute atomic E-state index is 12.8. The van der Waals surface area contributed by atoms with Gasteiger partial charge in [-0.1, -0.05) is 23.7 Å². The highest BCUT2D eigenvalue weighted by atomic mass is 35.5. The number of hydrogen-bond donors (Lipinski definition) is 1. The molecule has 2 aromatic carbocycles. The molecule has 138 valence electrons. The smallest absolute Gasteiger partial charge is 0.338 e. The summed E-state index contributed by atoms with van der Waals surface area (Å²) in [6.45, 7) is -0.273. The second-order valence-electron chi connectivity index (χ2n) is 5.17. The molecule has 0 atom stereocenters. The first-order chi connectivity index (χ1) is 12.4. The zero-order valence-corrected chi connectivity index (χ0v) is 14.9. The predicted molar refractivity (Wildman–Crippen MR) is 93.1 cm³/mol. The van der Waals surface area contributed by atoms with Crippen molar-refractivity contribution in [3.8, 4) is 11.5 Å². The predicted octanol–water partition coefficient (Wildman–Crippen LogP) is 2.97. The van der Waals surface area contributed by atoms with Crippen molar-refractivity contribution in [2.45, 2.75) is 6.54 Å². The van der Waals surface area contributed by atoms with E-state index in [9.17, 15) is 14.0 Å². The fourth-order valence-electron chi connectivity index (χ4n) is 2.10. The van der Waals surface area contributed by atoms with Crippen LogP contribution in [0.4, 0.5) is 4.39 Å². The van der Waals surface area contributed by atoms with E-state index in [0.29, 0.717) is 5.75 Å². The number of benzene rings is 2. The molecule has 0 aliphatic rings. The Morgan fingerprint density at radius 2 is 1.81 bits per heavy atom. The summed E-state index contributed by atoms with van der Waals surface area (Å²) < 4.78 is 28.0. The third kappa shape index (κ3) is 5.10. The van der Waals surface area contributed by atoms with Gasteiger partial charge in [-0.25, -0.2) is 9.18 Å². The molecule has 8 heteroatoms. The average Bonchev–Trinajstić information content (AvgIpc) is 2.64. The van der Waals surface area contributed by atoms with Gasteiger partial charge in [-0.15, -0.1) is 0 Å². The second-order valence-corrected chi connectivity index (χ2v) is 5.58. The Balaban J connectivity index is 1.90. The number of hydrogen-bond acceptors (Lipinski definition) is 5. The lowest BCUT2D eigenvalue weighted by Gasteiger charge is -2.11. The van der Waals surface area contributed by atoms with Crippen LogP contribution in [-0.2, 0) is 16.1 Å². The molecule has 0 saturated carbocycles. The first-order valence-corrected chi connectivity index (χ1v) is 7.92. The highest BCUT2D eigenvalue weighted by Gasteiger charge is 2.17. The van der Waals surface area contributed by atoms with Gasteiger partial charge in [0, 0.05) is 6.54 Å². The number of rotatable bonds is 7. The molecule has 26 heavy (non-hydrogen) atoms. The van der Waals surface area contributed by atoms with Crippen molar-refractivity contribution in [3.63, 3.8) is 0 Å². The van der Waals surface area contributed by atoms with Crippen molar-refractivity contribution in [2.24, 2.45) is 0 Å². The van der Waals surface area contributed by atoms with Gasteiger partial charge in [-0.2, -0.15) is 0 Å². The third-order valence-electron chi connectivity index (χ3n) is 3.41. The first-order valence-electron chi connectivity index (χ1n) is 7.54. The van der Waals surface area contributed by atoms with Crippen LogP contribution < -0.4 is 14.8 Å². The van der Waals surface area contributed by atoms with Crippen LogP contribution in [-0.4, -0.2) is 32.7 Å². The minimum atomic E-state index is -0.732. The Morgan fingerprint density at radius 3 is 2.42 bits per heavy atom. The van der Waals surface area contributed by atoms with Crippen molar-refractivity contribution < 1.29 is 28.2 Å². The molecule has 6 nitrogen and oxygen atoms in total. The lowest BCUT2D eigenvalue weighted by atomic mass is 10.2. The van der Waals surface area contributed by atoms with Crippen molar-refractivity contribution in [2.75, 3.05) is 20.8 Å². The summed E-state index contributed by atoms with van der Waals surface area (Å²) in [6, 6.07) is 8.45. The summed E-state index contributed by atoms with van der Waals surface area (Å²) in [5.74, 6) is -1.02. The summed E-state index contributed by atoms with van der Waals surface area (Å²) >= 11 is 6.03. The van der Waals surface area contributed by atoms with Gasteiger partial charge in [0.1, 0.15) is 5.82 Å². The number of nitrogens with one attached hydrogen (secondary N) is 1. The molecule has 0 radical (unpaired) electrons. The minimum absolute atomic E-state index is 0.124. The maximum Gasteiger partial charge on any atom is 0.338 e. The largest absolute Gasteiger partial charge is 0.493 e. The highest BCUT2D eigenvalue weighted by Crippen LogP contribution is 2.36. The molecule has 0 aromatic heterocycles. The first kappa shape index (κ1) is 19.5. The van der Waals surface area contributed by atoms with Gasteiger partial charge >= 0.3 is 5.97 Å². The summed E-state index contributed by atoms with van der Waals surface area (Å²) in [6.07, 6.45) is 0. The average molecular weight is 382 g/mol. The molecule has 0 fully saturated rings. The van der Waals surface area contributed by atoms with Gasteiger partial charge in [0.05, 0.1) is 24.8 Å². The van der Waals surface area contributed by atoms with Crippen molar-refractivity contribution in [1.82, 2.24) is 5.32 Å². The fraction of sp³-hybridized carbons (Fsp3) is 0.222. The molecule has 0 aliphatic carbocycles. The Labute approximate surface area is 154 Å². The molecule has 0 saturated heterocycles. The van der Waals surface area contributed by atoms with Crippen LogP contribution in [0.15, 0.2) is 36.4 Å². The maximum atomic E-state index is 12.8. The Bertz CT molecular complexity index is 795. The molecular weight excluding hydrogens is 365 g/mol. The van der Waals surface area contributed by atoms with E-state index in [2.05, 4.69) is 5.32 Å². The molecule has 2 aromatic rings. The topological polar surface area (TPSA) is 73.9 Å². The molecular formula is C18H17ClFNO5. The Hall–Kier alpha value is -2.80. The molecule has 0 aliphatic heterocycles. The van der Waals surface area contributed by atoms with E-state index in [1.807, 2.05) is 0 Å². The van der Waals surface area contributed by atoms with E-state index in [0.717, 1.165) is 5.56 Å². The van der Waals surface area contributed by atoms with Crippen LogP contribution in [0.25, 0.3) is 0 Å². The minimum Gasteiger partial charge on any atom is -0.493 e. The van der Waals surface area contributed by atoms with E-state index in [1.165, 1.54) is 38.5 Å². The molecule has 0 bridgehead atoms. The monoisotopic (exact) mass is 381 g/mol. The number of esters is 1. The summed E-state index contributed by atoms with van der Waals surface area (Å²) in [7, 11) is 2.83. The van der Waals surface area contributed by atoms with Gasteiger partial charge in [0.15, 0.2) is 18.1 Å². The number of amides is 1. The van der Waals surface area contributed by atoms with Gasteiger partial charge in [0.2, 0.25) is 0 Å². The number of ether oxygens (including phenoxy) is 3. The lowest BCUT2D eigenvalue weighted by molar-refractivity contribution is -0.124. The summed E-state index contributed by atoms with van der Waals surface area (Å²) in [5.41, 5.74) is 0.844. The normalized spacial score (nSPS) is 10.2. The van der Waals surface area contributed by atoms with Crippen LogP contribution in [0.2, 0.25) is 5.02 Å². The molecule has 2 rings (SSSR count). The Morgan fingerprint density at radius 1 is 1.12 bits per heavy atom. The molecule has 0 heterocycles. The van der Waals surface area contributed by atoms with Gasteiger partial charge in [-0.05, 0) is 29.8 Å². The van der Waals surface area contributed by atoms with Crippen molar-refractivity contribution >= 4 is 23.5 Å². The number of carbonyl (C=O) groups excluding carboxylic acids is 2. The van der Waals surface area contributed by atoms with E-state index in [1.54, 1.807) is 12.1 Å². The van der Waals surface area contributed by atoms with Crippen molar-refractivity contribution in [3.05, 3.63) is 58.4 Å². The third-order valence-corrected chi connectivity index (χ3v) is 3.69. The van der Waals surface area contributed by atoms with Crippen LogP contribution in [0.5, 0.6) is 11.5 Å². The number of halogens is 2. The van der Waals surface area contributed by atoms with Gasteiger partial charge in [-0.3, -0.25) is 4.79 Å². The number of methoxy groups -OCH3 is 2. The van der Waals surface area contributed by atoms with Gasteiger partial charge < -0.3 is 19.5 Å². The standard InChI is InChI=1S/C18H17ClFNO5/c1-24-15-8-12(7-14(19)17(15)25-2)18(23)26-10-16(22)21-9-11-3-5-13(20)6-4-11/h3-8H,9-10H2,1-2H3,(H,21,22). The fourth-order valence-corrected chi connectivity index (χ4v) is 2.39. The molecule has 1 N–H and O–H groups in total. The van der Waals surface area contributed by atoms with Crippen LogP contribution >= 0.6 is 11.6 Å². The summed E-state index contributed by atoms with van der Waals surface area (Å²) in [5, 5.41) is 2.75. The van der Waals surface area contributed by atoms with Crippen molar-refractivity contribution in [1.29, 1.82) is 0 Å². The zero-order chi connectivity index (χ0) is 19.1. The lowest BCUT2D eigenvalue weighted by Crippen LogP contribution is -2.28. The highest BCUT2D eigenvalue weighted by molar-refractivity contribution is 6.32. The van der Waals surface area contributed by atoms with Gasteiger partial charge in [0.25, 0.3) is 5.91 Å². The Kier molecular flexibility index (Phi) is 6.80. The molecule has 0 spiro atoms. The summed E-state index contributed by atoms with van der Waals surface area (Å²) in [4.78, 5) is 23.9. The van der Waals surface area contributed by atoms with E-state index >= 15 is 0 Å². The van der Waals surface area contributed by atoms with Crippen LogP contribution in [0.3, 0.4) is 0 Å². The van der Waals surface area contributed by atoms with E-state index in [4.69, 9.17) is 25.8 Å². The zero-order valence-electron chi connectivity index (χ0n) is 14.2. The van der Waals surface area contributed by atoms with Crippen LogP contribution in [0, 0.1) is 5.82 Å². The number of carbonyl (C=O) groups is 2.